The van der Waals surface area contributed by atoms with Crippen LogP contribution in [0.2, 0.25) is 0 Å². The first kappa shape index (κ1) is 60.3. The summed E-state index contributed by atoms with van der Waals surface area (Å²) in [5.41, 5.74) is 0. The van der Waals surface area contributed by atoms with E-state index in [0.29, 0.717) is 19.3 Å². The molecule has 6 heteroatoms. The second-order valence-corrected chi connectivity index (χ2v) is 17.0. The molecule has 0 aliphatic rings. The van der Waals surface area contributed by atoms with Gasteiger partial charge in [-0.25, -0.2) is 0 Å². The van der Waals surface area contributed by atoms with Crippen LogP contribution >= 0.6 is 0 Å². The van der Waals surface area contributed by atoms with Crippen molar-refractivity contribution in [2.24, 2.45) is 0 Å². The first-order chi connectivity index (χ1) is 31.5. The lowest BCUT2D eigenvalue weighted by atomic mass is 10.0. The van der Waals surface area contributed by atoms with Crippen LogP contribution in [-0.2, 0) is 14.3 Å². The zero-order chi connectivity index (χ0) is 46.7. The molecule has 3 unspecified atom stereocenters. The number of hydrogen-bond donors (Lipinski definition) is 3. The standard InChI is InChI=1S/C58H95NO5/c1-4-7-10-13-16-19-22-24-26-28-30-32-34-36-39-42-45-48-51-58(63)64-54(49-46-43-40-37-35-33-31-29-27-25-23-20-17-14-11-8-5-2)52-57(62)59-55(53-60)56(61)50-47-44-41-38-21-18-15-12-9-6-3/h8,10-11,13,16-17,19-20,22,24-28,30-33,37,40,54-56,60-61H,4-7,9,12,14-15,18,21,23,29,34-36,38-39,41-53H2,1-3H3,(H,59,62)/b11-8-,13-10+,19-16+,20-17-,24-22+,27-25-,28-26+,32-30+,33-31-,40-37-. The molecule has 0 aliphatic carbocycles. The third-order valence-electron chi connectivity index (χ3n) is 10.9. The molecule has 64 heavy (non-hydrogen) atoms. The van der Waals surface area contributed by atoms with Crippen LogP contribution in [0.3, 0.4) is 0 Å². The van der Waals surface area contributed by atoms with Crippen molar-refractivity contribution in [3.8, 4) is 0 Å². The zero-order valence-corrected chi connectivity index (χ0v) is 41.1. The summed E-state index contributed by atoms with van der Waals surface area (Å²) < 4.78 is 5.90. The molecule has 0 aromatic rings. The first-order valence-electron chi connectivity index (χ1n) is 25.8. The third kappa shape index (κ3) is 44.9. The number of carbonyl (C=O) groups excluding carboxylic acids is 2. The highest BCUT2D eigenvalue weighted by molar-refractivity contribution is 5.77. The molecule has 0 fully saturated rings. The van der Waals surface area contributed by atoms with Crippen molar-refractivity contribution in [1.82, 2.24) is 5.32 Å². The minimum Gasteiger partial charge on any atom is -0.462 e. The van der Waals surface area contributed by atoms with Crippen molar-refractivity contribution in [3.05, 3.63) is 122 Å². The maximum absolute atomic E-state index is 13.2. The molecule has 0 heterocycles. The van der Waals surface area contributed by atoms with Crippen LogP contribution in [0.25, 0.3) is 0 Å². The van der Waals surface area contributed by atoms with Gasteiger partial charge in [0, 0.05) is 6.42 Å². The Morgan fingerprint density at radius 1 is 0.484 bits per heavy atom. The van der Waals surface area contributed by atoms with Gasteiger partial charge in [-0.05, 0) is 83.5 Å². The average Bonchev–Trinajstić information content (AvgIpc) is 3.29. The van der Waals surface area contributed by atoms with Crippen molar-refractivity contribution in [3.63, 3.8) is 0 Å². The highest BCUT2D eigenvalue weighted by Crippen LogP contribution is 2.16. The Bertz CT molecular complexity index is 1360. The van der Waals surface area contributed by atoms with Gasteiger partial charge in [-0.3, -0.25) is 9.59 Å². The lowest BCUT2D eigenvalue weighted by molar-refractivity contribution is -0.151. The summed E-state index contributed by atoms with van der Waals surface area (Å²) >= 11 is 0. The number of unbranched alkanes of at least 4 members (excludes halogenated alkanes) is 16. The van der Waals surface area contributed by atoms with Crippen LogP contribution in [0, 0.1) is 0 Å². The second-order valence-electron chi connectivity index (χ2n) is 17.0. The summed E-state index contributed by atoms with van der Waals surface area (Å²) in [6, 6.07) is -0.733. The fourth-order valence-electron chi connectivity index (χ4n) is 7.02. The minimum absolute atomic E-state index is 0.0195. The Morgan fingerprint density at radius 3 is 1.50 bits per heavy atom. The Kier molecular flexibility index (Phi) is 47.3. The number of carbonyl (C=O) groups is 2. The van der Waals surface area contributed by atoms with Gasteiger partial charge in [0.25, 0.3) is 0 Å². The molecule has 0 bridgehead atoms. The molecule has 0 saturated heterocycles. The van der Waals surface area contributed by atoms with Gasteiger partial charge < -0.3 is 20.3 Å². The average molecular weight is 886 g/mol. The molecule has 0 radical (unpaired) electrons. The second kappa shape index (κ2) is 50.3. The van der Waals surface area contributed by atoms with Gasteiger partial charge in [0.15, 0.2) is 0 Å². The van der Waals surface area contributed by atoms with Crippen molar-refractivity contribution in [2.45, 2.75) is 225 Å². The van der Waals surface area contributed by atoms with Crippen LogP contribution < -0.4 is 5.32 Å². The lowest BCUT2D eigenvalue weighted by Crippen LogP contribution is -2.46. The van der Waals surface area contributed by atoms with Crippen molar-refractivity contribution >= 4 is 11.9 Å². The predicted octanol–water partition coefficient (Wildman–Crippen LogP) is 15.7. The van der Waals surface area contributed by atoms with E-state index in [1.54, 1.807) is 0 Å². The van der Waals surface area contributed by atoms with E-state index in [0.717, 1.165) is 109 Å². The number of aliphatic hydroxyl groups excluding tert-OH is 2. The van der Waals surface area contributed by atoms with E-state index >= 15 is 0 Å². The van der Waals surface area contributed by atoms with Gasteiger partial charge in [-0.1, -0.05) is 232 Å². The largest absolute Gasteiger partial charge is 0.462 e. The van der Waals surface area contributed by atoms with Gasteiger partial charge in [0.1, 0.15) is 6.10 Å². The quantitative estimate of drug-likeness (QED) is 0.0245. The minimum atomic E-state index is -0.815. The molecule has 3 atom stereocenters. The Labute approximate surface area is 393 Å². The van der Waals surface area contributed by atoms with Crippen molar-refractivity contribution in [1.29, 1.82) is 0 Å². The number of ether oxygens (including phenoxy) is 1. The van der Waals surface area contributed by atoms with Crippen LogP contribution in [0.1, 0.15) is 207 Å². The molecule has 0 spiro atoms. The van der Waals surface area contributed by atoms with E-state index in [2.05, 4.69) is 123 Å². The molecule has 0 aromatic carbocycles. The number of allylic oxidation sites excluding steroid dienone is 20. The van der Waals surface area contributed by atoms with Gasteiger partial charge in [-0.2, -0.15) is 0 Å². The maximum Gasteiger partial charge on any atom is 0.306 e. The third-order valence-corrected chi connectivity index (χ3v) is 10.9. The van der Waals surface area contributed by atoms with Crippen molar-refractivity contribution in [2.75, 3.05) is 6.61 Å². The normalized spacial score (nSPS) is 14.3. The number of amides is 1. The number of nitrogens with one attached hydrogen (secondary N) is 1. The van der Waals surface area contributed by atoms with Gasteiger partial charge in [-0.15, -0.1) is 0 Å². The number of aliphatic hydroxyl groups is 2. The highest BCUT2D eigenvalue weighted by atomic mass is 16.5. The Balaban J connectivity index is 4.78. The molecule has 0 aliphatic heterocycles. The highest BCUT2D eigenvalue weighted by Gasteiger charge is 2.24. The summed E-state index contributed by atoms with van der Waals surface area (Å²) in [5.74, 6) is -0.572. The smallest absolute Gasteiger partial charge is 0.306 e. The topological polar surface area (TPSA) is 95.9 Å². The summed E-state index contributed by atoms with van der Waals surface area (Å²) in [7, 11) is 0. The van der Waals surface area contributed by atoms with Crippen LogP contribution in [-0.4, -0.2) is 46.9 Å². The van der Waals surface area contributed by atoms with E-state index in [4.69, 9.17) is 4.74 Å². The van der Waals surface area contributed by atoms with E-state index < -0.39 is 18.2 Å². The molecular formula is C58H95NO5. The van der Waals surface area contributed by atoms with Gasteiger partial charge in [0.05, 0.1) is 25.2 Å². The number of rotatable bonds is 44. The van der Waals surface area contributed by atoms with Crippen LogP contribution in [0.5, 0.6) is 0 Å². The summed E-state index contributed by atoms with van der Waals surface area (Å²) in [5, 5.41) is 23.7. The SMILES string of the molecule is CC/C=C\C/C=C\C/C=C\C/C=C\C/C=C\CCCC(CC(=O)NC(CO)C(O)CCCCCCCCCCCC)OC(=O)CCCCCCC/C=C/C=C/C=C/C=C/C=C/CCC. The maximum atomic E-state index is 13.2. The van der Waals surface area contributed by atoms with Crippen LogP contribution in [0.15, 0.2) is 122 Å². The van der Waals surface area contributed by atoms with Crippen LogP contribution in [0.4, 0.5) is 0 Å². The van der Waals surface area contributed by atoms with Gasteiger partial charge >= 0.3 is 5.97 Å². The molecule has 6 nitrogen and oxygen atoms in total. The summed E-state index contributed by atoms with van der Waals surface area (Å²) in [6.07, 6.45) is 69.7. The Morgan fingerprint density at radius 2 is 0.953 bits per heavy atom. The molecule has 3 N–H and O–H groups in total. The van der Waals surface area contributed by atoms with E-state index in [1.807, 2.05) is 24.3 Å². The molecule has 362 valence electrons. The lowest BCUT2D eigenvalue weighted by Gasteiger charge is -2.24. The van der Waals surface area contributed by atoms with Gasteiger partial charge in [0.2, 0.25) is 5.91 Å². The fraction of sp³-hybridized carbons (Fsp3) is 0.621. The van der Waals surface area contributed by atoms with E-state index in [9.17, 15) is 19.8 Å². The monoisotopic (exact) mass is 886 g/mol. The molecule has 0 aromatic heterocycles. The molecular weight excluding hydrogens is 791 g/mol. The molecule has 0 saturated carbocycles. The summed E-state index contributed by atoms with van der Waals surface area (Å²) in [6.45, 7) is 6.23. The number of hydrogen-bond acceptors (Lipinski definition) is 5. The zero-order valence-electron chi connectivity index (χ0n) is 41.1. The van der Waals surface area contributed by atoms with E-state index in [1.165, 1.54) is 51.4 Å². The van der Waals surface area contributed by atoms with E-state index in [-0.39, 0.29) is 24.9 Å². The number of esters is 1. The summed E-state index contributed by atoms with van der Waals surface area (Å²) in [4.78, 5) is 26.1. The molecule has 1 amide bonds. The first-order valence-corrected chi connectivity index (χ1v) is 25.8. The van der Waals surface area contributed by atoms with Crippen molar-refractivity contribution < 1.29 is 24.5 Å². The fourth-order valence-corrected chi connectivity index (χ4v) is 7.02. The molecule has 0 rings (SSSR count). The predicted molar refractivity (Wildman–Crippen MR) is 277 cm³/mol. The Hall–Kier alpha value is -3.74.